The number of ether oxygens (including phenoxy) is 3. The van der Waals surface area contributed by atoms with Gasteiger partial charge in [-0.15, -0.1) is 0 Å². The number of hydrogen-bond donors (Lipinski definition) is 0. The number of carbonyl (C=O) groups is 1. The molecule has 0 bridgehead atoms. The Morgan fingerprint density at radius 2 is 1.76 bits per heavy atom. The van der Waals surface area contributed by atoms with Crippen LogP contribution in [-0.2, 0) is 9.53 Å². The van der Waals surface area contributed by atoms with Gasteiger partial charge in [-0.25, -0.2) is 4.79 Å². The molecule has 1 saturated carbocycles. The summed E-state index contributed by atoms with van der Waals surface area (Å²) in [4.78, 5) is 11.8. The molecule has 0 atom stereocenters. The van der Waals surface area contributed by atoms with Crippen molar-refractivity contribution in [3.63, 3.8) is 0 Å². The third-order valence-electron chi connectivity index (χ3n) is 6.26. The van der Waals surface area contributed by atoms with Gasteiger partial charge in [0.15, 0.2) is 0 Å². The van der Waals surface area contributed by atoms with Gasteiger partial charge in [-0.3, -0.25) is 0 Å². The van der Waals surface area contributed by atoms with E-state index in [4.69, 9.17) is 14.2 Å². The van der Waals surface area contributed by atoms with Crippen LogP contribution in [0.2, 0.25) is 0 Å². The van der Waals surface area contributed by atoms with Gasteiger partial charge < -0.3 is 14.2 Å². The van der Waals surface area contributed by atoms with Crippen molar-refractivity contribution in [3.8, 4) is 22.6 Å². The summed E-state index contributed by atoms with van der Waals surface area (Å²) >= 11 is 0. The van der Waals surface area contributed by atoms with E-state index in [2.05, 4.69) is 30.3 Å². The summed E-state index contributed by atoms with van der Waals surface area (Å²) in [6, 6.07) is 18.6. The zero-order valence-corrected chi connectivity index (χ0v) is 19.5. The smallest absolute Gasteiger partial charge is 0.330 e. The number of esters is 1. The molecule has 3 aromatic rings. The summed E-state index contributed by atoms with van der Waals surface area (Å²) in [5.41, 5.74) is 3.03. The third kappa shape index (κ3) is 5.95. The summed E-state index contributed by atoms with van der Waals surface area (Å²) in [7, 11) is 1.68. The van der Waals surface area contributed by atoms with Gasteiger partial charge in [-0.05, 0) is 84.0 Å². The van der Waals surface area contributed by atoms with Crippen LogP contribution in [0, 0.1) is 5.92 Å². The molecule has 0 spiro atoms. The minimum atomic E-state index is -0.337. The first-order valence-corrected chi connectivity index (χ1v) is 11.9. The number of carbonyl (C=O) groups excluding carboxylic acids is 1. The quantitative estimate of drug-likeness (QED) is 0.276. The Kier molecular flexibility index (Phi) is 7.66. The van der Waals surface area contributed by atoms with Crippen LogP contribution in [0.25, 0.3) is 28.0 Å². The molecule has 0 aliphatic heterocycles. The van der Waals surface area contributed by atoms with E-state index >= 15 is 0 Å². The molecule has 33 heavy (non-hydrogen) atoms. The lowest BCUT2D eigenvalue weighted by Gasteiger charge is -2.22. The van der Waals surface area contributed by atoms with Crippen molar-refractivity contribution in [2.24, 2.45) is 5.92 Å². The maximum Gasteiger partial charge on any atom is 0.330 e. The molecular weight excluding hydrogens is 412 g/mol. The van der Waals surface area contributed by atoms with Crippen molar-refractivity contribution in [2.75, 3.05) is 20.3 Å². The molecule has 0 heterocycles. The molecule has 0 amide bonds. The Labute approximate surface area is 196 Å². The van der Waals surface area contributed by atoms with Gasteiger partial charge in [0.2, 0.25) is 0 Å². The monoisotopic (exact) mass is 444 g/mol. The lowest BCUT2D eigenvalue weighted by Crippen LogP contribution is -2.15. The van der Waals surface area contributed by atoms with Crippen LogP contribution in [0.15, 0.2) is 60.7 Å². The Morgan fingerprint density at radius 3 is 2.55 bits per heavy atom. The number of rotatable bonds is 8. The van der Waals surface area contributed by atoms with Crippen LogP contribution < -0.4 is 9.47 Å². The molecular formula is C29H32O4. The highest BCUT2D eigenvalue weighted by Gasteiger charge is 2.16. The lowest BCUT2D eigenvalue weighted by atomic mass is 9.90. The summed E-state index contributed by atoms with van der Waals surface area (Å²) in [6.07, 6.45) is 9.68. The van der Waals surface area contributed by atoms with Crippen molar-refractivity contribution < 1.29 is 19.0 Å². The fraction of sp³-hybridized carbons (Fsp3) is 0.345. The van der Waals surface area contributed by atoms with Crippen molar-refractivity contribution in [2.45, 2.75) is 39.0 Å². The van der Waals surface area contributed by atoms with E-state index in [1.807, 2.05) is 24.3 Å². The van der Waals surface area contributed by atoms with Gasteiger partial charge in [-0.1, -0.05) is 43.5 Å². The molecule has 0 aromatic heterocycles. The topological polar surface area (TPSA) is 44.8 Å². The molecule has 4 heteroatoms. The fourth-order valence-corrected chi connectivity index (χ4v) is 4.44. The summed E-state index contributed by atoms with van der Waals surface area (Å²) in [5, 5.41) is 2.26. The predicted octanol–water partition coefficient (Wildman–Crippen LogP) is 7.05. The minimum absolute atomic E-state index is 0.337. The van der Waals surface area contributed by atoms with Crippen LogP contribution in [-0.4, -0.2) is 26.3 Å². The van der Waals surface area contributed by atoms with E-state index in [9.17, 15) is 4.79 Å². The molecule has 1 fully saturated rings. The average molecular weight is 445 g/mol. The maximum absolute atomic E-state index is 11.8. The Hall–Kier alpha value is -3.27. The second kappa shape index (κ2) is 11.0. The van der Waals surface area contributed by atoms with Crippen molar-refractivity contribution in [1.29, 1.82) is 0 Å². The van der Waals surface area contributed by atoms with Gasteiger partial charge in [0.1, 0.15) is 11.5 Å². The zero-order valence-electron chi connectivity index (χ0n) is 19.5. The van der Waals surface area contributed by atoms with Gasteiger partial charge in [0, 0.05) is 11.6 Å². The Balaban J connectivity index is 1.66. The van der Waals surface area contributed by atoms with E-state index < -0.39 is 0 Å². The van der Waals surface area contributed by atoms with E-state index in [1.54, 1.807) is 20.1 Å². The summed E-state index contributed by atoms with van der Waals surface area (Å²) in [5.74, 6) is 2.01. The highest BCUT2D eigenvalue weighted by Crippen LogP contribution is 2.35. The minimum Gasteiger partial charge on any atom is -0.497 e. The van der Waals surface area contributed by atoms with Crippen LogP contribution in [0.4, 0.5) is 0 Å². The zero-order chi connectivity index (χ0) is 23.0. The van der Waals surface area contributed by atoms with E-state index in [0.717, 1.165) is 45.6 Å². The first-order valence-electron chi connectivity index (χ1n) is 11.9. The second-order valence-corrected chi connectivity index (χ2v) is 8.58. The molecule has 4 nitrogen and oxygen atoms in total. The Bertz CT molecular complexity index is 1130. The molecule has 172 valence electrons. The highest BCUT2D eigenvalue weighted by molar-refractivity contribution is 5.90. The molecule has 4 rings (SSSR count). The van der Waals surface area contributed by atoms with Gasteiger partial charge >= 0.3 is 5.97 Å². The molecule has 3 aromatic carbocycles. The normalized spacial score (nSPS) is 14.5. The maximum atomic E-state index is 11.8. The van der Waals surface area contributed by atoms with Crippen molar-refractivity contribution >= 4 is 22.8 Å². The van der Waals surface area contributed by atoms with Crippen LogP contribution >= 0.6 is 0 Å². The predicted molar refractivity (Wildman–Crippen MR) is 134 cm³/mol. The largest absolute Gasteiger partial charge is 0.497 e. The average Bonchev–Trinajstić information content (AvgIpc) is 2.86. The molecule has 1 aliphatic rings. The van der Waals surface area contributed by atoms with Crippen molar-refractivity contribution in [3.05, 3.63) is 66.2 Å². The van der Waals surface area contributed by atoms with Crippen molar-refractivity contribution in [1.82, 2.24) is 0 Å². The van der Waals surface area contributed by atoms with E-state index in [0.29, 0.717) is 12.5 Å². The second-order valence-electron chi connectivity index (χ2n) is 8.58. The Morgan fingerprint density at radius 1 is 0.970 bits per heavy atom. The first kappa shape index (κ1) is 22.9. The highest BCUT2D eigenvalue weighted by atomic mass is 16.5. The van der Waals surface area contributed by atoms with Crippen LogP contribution in [0.1, 0.15) is 44.6 Å². The van der Waals surface area contributed by atoms with E-state index in [-0.39, 0.29) is 5.97 Å². The van der Waals surface area contributed by atoms with Crippen LogP contribution in [0.5, 0.6) is 11.5 Å². The number of fused-ring (bicyclic) bond motifs is 1. The number of methoxy groups -OCH3 is 1. The van der Waals surface area contributed by atoms with Gasteiger partial charge in [-0.2, -0.15) is 0 Å². The SMILES string of the molecule is CCOC(=O)C=Cc1ccc(OCC2CCCCC2)c(-c2ccc3cc(OC)ccc3c2)c1. The fourth-order valence-electron chi connectivity index (χ4n) is 4.44. The van der Waals surface area contributed by atoms with E-state index in [1.165, 1.54) is 38.2 Å². The molecule has 0 saturated heterocycles. The van der Waals surface area contributed by atoms with Gasteiger partial charge in [0.05, 0.1) is 20.3 Å². The molecule has 1 aliphatic carbocycles. The summed E-state index contributed by atoms with van der Waals surface area (Å²) in [6.45, 7) is 2.91. The third-order valence-corrected chi connectivity index (χ3v) is 6.26. The molecule has 0 unspecified atom stereocenters. The lowest BCUT2D eigenvalue weighted by molar-refractivity contribution is -0.137. The number of hydrogen-bond acceptors (Lipinski definition) is 4. The van der Waals surface area contributed by atoms with Gasteiger partial charge in [0.25, 0.3) is 0 Å². The number of benzene rings is 3. The molecule has 0 N–H and O–H groups in total. The van der Waals surface area contributed by atoms with Crippen LogP contribution in [0.3, 0.4) is 0 Å². The molecule has 0 radical (unpaired) electrons. The first-order chi connectivity index (χ1) is 16.2. The standard InChI is InChI=1S/C29H32O4/c1-3-32-29(30)16-10-21-9-15-28(33-20-22-7-5-4-6-8-22)27(17-21)25-12-11-24-19-26(31-2)14-13-23(24)18-25/h9-19,22H,3-8,20H2,1-2H3. The summed E-state index contributed by atoms with van der Waals surface area (Å²) < 4.78 is 16.7.